The van der Waals surface area contributed by atoms with E-state index in [0.717, 1.165) is 25.1 Å². The summed E-state index contributed by atoms with van der Waals surface area (Å²) in [7, 11) is -3.34. The second kappa shape index (κ2) is 6.79. The Bertz CT molecular complexity index is 544. The molecule has 0 unspecified atom stereocenters. The Morgan fingerprint density at radius 1 is 1.19 bits per heavy atom. The normalized spacial score (nSPS) is 18.1. The van der Waals surface area contributed by atoms with Gasteiger partial charge >= 0.3 is 0 Å². The van der Waals surface area contributed by atoms with Gasteiger partial charge in [-0.15, -0.1) is 0 Å². The zero-order valence-corrected chi connectivity index (χ0v) is 14.0. The van der Waals surface area contributed by atoms with Crippen molar-refractivity contribution in [3.8, 4) is 0 Å². The van der Waals surface area contributed by atoms with Gasteiger partial charge in [0.2, 0.25) is 10.0 Å². The molecule has 0 aromatic heterocycles. The van der Waals surface area contributed by atoms with Crippen molar-refractivity contribution in [1.29, 1.82) is 0 Å². The highest BCUT2D eigenvalue weighted by atomic mass is 32.2. The number of sulfonamides is 1. The third-order valence-corrected chi connectivity index (χ3v) is 6.23. The maximum absolute atomic E-state index is 12.6. The van der Waals surface area contributed by atoms with Crippen LogP contribution in [0, 0.1) is 11.8 Å². The minimum Gasteiger partial charge on any atom is -0.385 e. The fourth-order valence-corrected chi connectivity index (χ4v) is 4.35. The zero-order chi connectivity index (χ0) is 15.5. The lowest BCUT2D eigenvalue weighted by atomic mass is 9.87. The average molecular weight is 310 g/mol. The number of rotatable bonds is 5. The average Bonchev–Trinajstić information content (AvgIpc) is 2.48. The van der Waals surface area contributed by atoms with Crippen LogP contribution in [0.2, 0.25) is 0 Å². The van der Waals surface area contributed by atoms with Crippen molar-refractivity contribution in [3.63, 3.8) is 0 Å². The molecule has 1 fully saturated rings. The number of hydrogen-bond acceptors (Lipinski definition) is 3. The van der Waals surface area contributed by atoms with Crippen LogP contribution in [0.15, 0.2) is 29.2 Å². The molecule has 118 valence electrons. The Morgan fingerprint density at radius 3 is 2.24 bits per heavy atom. The van der Waals surface area contributed by atoms with E-state index < -0.39 is 10.0 Å². The monoisotopic (exact) mass is 310 g/mol. The van der Waals surface area contributed by atoms with Crippen molar-refractivity contribution in [2.75, 3.05) is 25.0 Å². The lowest BCUT2D eigenvalue weighted by Crippen LogP contribution is -2.39. The van der Waals surface area contributed by atoms with Crippen LogP contribution >= 0.6 is 0 Å². The lowest BCUT2D eigenvalue weighted by molar-refractivity contribution is 0.226. The molecule has 1 aromatic rings. The molecule has 0 spiro atoms. The van der Waals surface area contributed by atoms with Crippen LogP contribution in [-0.4, -0.2) is 32.4 Å². The van der Waals surface area contributed by atoms with Gasteiger partial charge in [0.15, 0.2) is 0 Å². The van der Waals surface area contributed by atoms with Crippen molar-refractivity contribution >= 4 is 15.7 Å². The lowest BCUT2D eigenvalue weighted by Gasteiger charge is -2.33. The Balaban J connectivity index is 2.08. The van der Waals surface area contributed by atoms with Gasteiger partial charge in [-0.25, -0.2) is 8.42 Å². The molecule has 0 bridgehead atoms. The van der Waals surface area contributed by atoms with Crippen LogP contribution < -0.4 is 5.32 Å². The molecule has 0 aliphatic carbocycles. The van der Waals surface area contributed by atoms with E-state index in [2.05, 4.69) is 19.2 Å². The molecule has 1 heterocycles. The molecule has 1 N–H and O–H groups in total. The van der Waals surface area contributed by atoms with E-state index in [1.165, 1.54) is 0 Å². The van der Waals surface area contributed by atoms with Crippen molar-refractivity contribution in [2.45, 2.75) is 38.5 Å². The first kappa shape index (κ1) is 16.3. The molecule has 2 rings (SSSR count). The molecular formula is C16H26N2O2S. The summed E-state index contributed by atoms with van der Waals surface area (Å²) in [4.78, 5) is 0.396. The van der Waals surface area contributed by atoms with Gasteiger partial charge in [-0.3, -0.25) is 0 Å². The predicted molar refractivity (Wildman–Crippen MR) is 86.9 cm³/mol. The quantitative estimate of drug-likeness (QED) is 0.909. The summed E-state index contributed by atoms with van der Waals surface area (Å²) >= 11 is 0. The molecule has 1 aromatic carbocycles. The van der Waals surface area contributed by atoms with Crippen LogP contribution in [-0.2, 0) is 10.0 Å². The number of anilines is 1. The first-order valence-electron chi connectivity index (χ1n) is 7.79. The summed E-state index contributed by atoms with van der Waals surface area (Å²) in [6, 6.07) is 7.05. The number of nitrogens with one attached hydrogen (secondary N) is 1. The Kier molecular flexibility index (Phi) is 5.27. The second-order valence-corrected chi connectivity index (χ2v) is 7.98. The standard InChI is InChI=1S/C16H26N2O2S/c1-4-17-15-5-7-16(8-6-15)21(19,20)18-11-9-14(10-12-18)13(2)3/h5-8,13-14,17H,4,9-12H2,1-3H3. The van der Waals surface area contributed by atoms with Gasteiger partial charge in [0, 0.05) is 25.3 Å². The molecule has 0 amide bonds. The molecule has 0 radical (unpaired) electrons. The highest BCUT2D eigenvalue weighted by molar-refractivity contribution is 7.89. The van der Waals surface area contributed by atoms with E-state index in [-0.39, 0.29) is 0 Å². The molecule has 1 aliphatic heterocycles. The van der Waals surface area contributed by atoms with Gasteiger partial charge in [-0.05, 0) is 55.9 Å². The van der Waals surface area contributed by atoms with Gasteiger partial charge in [-0.1, -0.05) is 13.8 Å². The van der Waals surface area contributed by atoms with Crippen LogP contribution in [0.25, 0.3) is 0 Å². The van der Waals surface area contributed by atoms with Gasteiger partial charge < -0.3 is 5.32 Å². The molecule has 5 heteroatoms. The third kappa shape index (κ3) is 3.77. The molecule has 0 saturated carbocycles. The second-order valence-electron chi connectivity index (χ2n) is 6.04. The summed E-state index contributed by atoms with van der Waals surface area (Å²) in [5.41, 5.74) is 0.954. The van der Waals surface area contributed by atoms with Gasteiger partial charge in [-0.2, -0.15) is 4.31 Å². The van der Waals surface area contributed by atoms with Crippen LogP contribution in [0.1, 0.15) is 33.6 Å². The third-order valence-electron chi connectivity index (χ3n) is 4.31. The molecule has 21 heavy (non-hydrogen) atoms. The molecule has 4 nitrogen and oxygen atoms in total. The topological polar surface area (TPSA) is 49.4 Å². The number of benzene rings is 1. The fourth-order valence-electron chi connectivity index (χ4n) is 2.88. The Hall–Kier alpha value is -1.07. The summed E-state index contributed by atoms with van der Waals surface area (Å²) in [6.45, 7) is 8.56. The van der Waals surface area contributed by atoms with E-state index in [9.17, 15) is 8.42 Å². The van der Waals surface area contributed by atoms with Gasteiger partial charge in [0.25, 0.3) is 0 Å². The van der Waals surface area contributed by atoms with Crippen molar-refractivity contribution in [1.82, 2.24) is 4.31 Å². The minimum atomic E-state index is -3.34. The highest BCUT2D eigenvalue weighted by Gasteiger charge is 2.30. The summed E-state index contributed by atoms with van der Waals surface area (Å²) in [5, 5.41) is 3.18. The van der Waals surface area contributed by atoms with E-state index in [4.69, 9.17) is 0 Å². The SMILES string of the molecule is CCNc1ccc(S(=O)(=O)N2CCC(C(C)C)CC2)cc1. The number of hydrogen-bond donors (Lipinski definition) is 1. The van der Waals surface area contributed by atoms with Crippen molar-refractivity contribution < 1.29 is 8.42 Å². The predicted octanol–water partition coefficient (Wildman–Crippen LogP) is 3.18. The van der Waals surface area contributed by atoms with Gasteiger partial charge in [0.1, 0.15) is 0 Å². The minimum absolute atomic E-state index is 0.396. The Morgan fingerprint density at radius 2 is 1.76 bits per heavy atom. The van der Waals surface area contributed by atoms with Crippen LogP contribution in [0.5, 0.6) is 0 Å². The van der Waals surface area contributed by atoms with Crippen molar-refractivity contribution in [3.05, 3.63) is 24.3 Å². The summed E-state index contributed by atoms with van der Waals surface area (Å²) < 4.78 is 26.9. The summed E-state index contributed by atoms with van der Waals surface area (Å²) in [6.07, 6.45) is 1.93. The first-order chi connectivity index (χ1) is 9.95. The molecule has 0 atom stereocenters. The number of piperidine rings is 1. The highest BCUT2D eigenvalue weighted by Crippen LogP contribution is 2.28. The number of nitrogens with zero attached hydrogens (tertiary/aromatic N) is 1. The smallest absolute Gasteiger partial charge is 0.243 e. The van der Waals surface area contributed by atoms with Gasteiger partial charge in [0.05, 0.1) is 4.90 Å². The van der Waals surface area contributed by atoms with Crippen LogP contribution in [0.3, 0.4) is 0 Å². The summed E-state index contributed by atoms with van der Waals surface area (Å²) in [5.74, 6) is 1.28. The first-order valence-corrected chi connectivity index (χ1v) is 9.23. The van der Waals surface area contributed by atoms with E-state index in [1.54, 1.807) is 16.4 Å². The van der Waals surface area contributed by atoms with E-state index in [1.807, 2.05) is 19.1 Å². The molecule has 1 saturated heterocycles. The van der Waals surface area contributed by atoms with Crippen LogP contribution in [0.4, 0.5) is 5.69 Å². The van der Waals surface area contributed by atoms with E-state index >= 15 is 0 Å². The molecular weight excluding hydrogens is 284 g/mol. The molecule has 1 aliphatic rings. The maximum atomic E-state index is 12.6. The zero-order valence-electron chi connectivity index (χ0n) is 13.2. The Labute approximate surface area is 128 Å². The maximum Gasteiger partial charge on any atom is 0.243 e. The van der Waals surface area contributed by atoms with E-state index in [0.29, 0.717) is 29.8 Å². The fraction of sp³-hybridized carbons (Fsp3) is 0.625. The van der Waals surface area contributed by atoms with Crippen molar-refractivity contribution in [2.24, 2.45) is 11.8 Å². The largest absolute Gasteiger partial charge is 0.385 e.